The molecule has 0 aromatic carbocycles. The van der Waals surface area contributed by atoms with Crippen molar-refractivity contribution in [3.05, 3.63) is 0 Å². The van der Waals surface area contributed by atoms with E-state index in [0.717, 1.165) is 25.7 Å². The third kappa shape index (κ3) is 9.65. The van der Waals surface area contributed by atoms with Gasteiger partial charge in [-0.2, -0.15) is 0 Å². The molecule has 0 radical (unpaired) electrons. The van der Waals surface area contributed by atoms with Gasteiger partial charge in [0.1, 0.15) is 0 Å². The maximum Gasteiger partial charge on any atom is 0.0707 e. The lowest BCUT2D eigenvalue weighted by atomic mass is 10.2. The van der Waals surface area contributed by atoms with Gasteiger partial charge in [0.2, 0.25) is 0 Å². The van der Waals surface area contributed by atoms with Crippen molar-refractivity contribution in [2.45, 2.75) is 78.6 Å². The SMILES string of the molecule is CC.CC.CCN(C)CC1CCCN1.CN1CC2CCC(C1)O2. The third-order valence-corrected chi connectivity index (χ3v) is 4.46. The molecule has 0 spiro atoms. The summed E-state index contributed by atoms with van der Waals surface area (Å²) in [5, 5.41) is 3.48. The largest absolute Gasteiger partial charge is 0.372 e. The number of rotatable bonds is 3. The van der Waals surface area contributed by atoms with Crippen molar-refractivity contribution in [1.29, 1.82) is 0 Å². The minimum absolute atomic E-state index is 0.564. The fraction of sp³-hybridized carbons (Fsp3) is 1.00. The van der Waals surface area contributed by atoms with Gasteiger partial charge in [-0.3, -0.25) is 0 Å². The molecule has 4 heteroatoms. The molecule has 0 amide bonds. The smallest absolute Gasteiger partial charge is 0.0707 e. The second-order valence-electron chi connectivity index (χ2n) is 6.33. The Balaban J connectivity index is 0.000000347. The number of ether oxygens (including phenoxy) is 1. The fourth-order valence-corrected chi connectivity index (χ4v) is 3.24. The van der Waals surface area contributed by atoms with E-state index in [1.165, 1.54) is 38.8 Å². The summed E-state index contributed by atoms with van der Waals surface area (Å²) in [7, 11) is 4.36. The molecule has 3 fully saturated rings. The molecule has 0 aliphatic carbocycles. The van der Waals surface area contributed by atoms with Crippen molar-refractivity contribution in [1.82, 2.24) is 15.1 Å². The van der Waals surface area contributed by atoms with Crippen LogP contribution in [0.5, 0.6) is 0 Å². The van der Waals surface area contributed by atoms with Crippen molar-refractivity contribution in [2.24, 2.45) is 0 Å². The molecule has 3 heterocycles. The molecule has 3 atom stereocenters. The molecule has 3 aliphatic heterocycles. The number of nitrogens with zero attached hydrogens (tertiary/aromatic N) is 2. The van der Waals surface area contributed by atoms with Gasteiger partial charge in [0.05, 0.1) is 12.2 Å². The van der Waals surface area contributed by atoms with Crippen LogP contribution in [0, 0.1) is 0 Å². The number of morpholine rings is 1. The van der Waals surface area contributed by atoms with Gasteiger partial charge in [-0.1, -0.05) is 34.6 Å². The second kappa shape index (κ2) is 14.2. The molecule has 0 saturated carbocycles. The highest BCUT2D eigenvalue weighted by Crippen LogP contribution is 2.24. The lowest BCUT2D eigenvalue weighted by molar-refractivity contribution is -0.0293. The number of fused-ring (bicyclic) bond motifs is 2. The van der Waals surface area contributed by atoms with E-state index in [0.29, 0.717) is 12.2 Å². The molecule has 140 valence electrons. The highest BCUT2D eigenvalue weighted by atomic mass is 16.5. The van der Waals surface area contributed by atoms with Crippen LogP contribution in [0.2, 0.25) is 0 Å². The van der Waals surface area contributed by atoms with E-state index in [1.807, 2.05) is 27.7 Å². The molecule has 23 heavy (non-hydrogen) atoms. The van der Waals surface area contributed by atoms with Crippen LogP contribution in [0.1, 0.15) is 60.3 Å². The van der Waals surface area contributed by atoms with E-state index in [2.05, 4.69) is 36.1 Å². The zero-order valence-corrected chi connectivity index (χ0v) is 16.9. The number of hydrogen-bond donors (Lipinski definition) is 1. The van der Waals surface area contributed by atoms with E-state index in [4.69, 9.17) is 4.74 Å². The van der Waals surface area contributed by atoms with Crippen molar-refractivity contribution in [2.75, 3.05) is 46.8 Å². The van der Waals surface area contributed by atoms with E-state index in [9.17, 15) is 0 Å². The van der Waals surface area contributed by atoms with Crippen molar-refractivity contribution in [3.63, 3.8) is 0 Å². The van der Waals surface area contributed by atoms with Crippen LogP contribution in [0.15, 0.2) is 0 Å². The van der Waals surface area contributed by atoms with Gasteiger partial charge in [0.15, 0.2) is 0 Å². The molecule has 1 N–H and O–H groups in total. The molecule has 2 bridgehead atoms. The van der Waals surface area contributed by atoms with Crippen LogP contribution >= 0.6 is 0 Å². The first-order chi connectivity index (χ1) is 11.2. The Morgan fingerprint density at radius 3 is 2.04 bits per heavy atom. The molecule has 3 saturated heterocycles. The number of nitrogens with one attached hydrogen (secondary N) is 1. The zero-order valence-electron chi connectivity index (χ0n) is 16.9. The first-order valence-electron chi connectivity index (χ1n) is 9.93. The van der Waals surface area contributed by atoms with Gasteiger partial charge in [-0.15, -0.1) is 0 Å². The number of hydrogen-bond acceptors (Lipinski definition) is 4. The van der Waals surface area contributed by atoms with Crippen LogP contribution in [-0.2, 0) is 4.74 Å². The number of likely N-dealkylation sites (N-methyl/N-ethyl adjacent to an activating group) is 2. The summed E-state index contributed by atoms with van der Waals surface area (Å²) >= 11 is 0. The van der Waals surface area contributed by atoms with Gasteiger partial charge in [-0.05, 0) is 52.9 Å². The highest BCUT2D eigenvalue weighted by Gasteiger charge is 2.31. The van der Waals surface area contributed by atoms with Crippen LogP contribution in [-0.4, -0.2) is 74.9 Å². The monoisotopic (exact) mass is 329 g/mol. The van der Waals surface area contributed by atoms with Gasteiger partial charge in [0.25, 0.3) is 0 Å². The van der Waals surface area contributed by atoms with Crippen molar-refractivity contribution < 1.29 is 4.74 Å². The Kier molecular flexibility index (Phi) is 14.1. The van der Waals surface area contributed by atoms with Gasteiger partial charge >= 0.3 is 0 Å². The molecule has 0 aromatic heterocycles. The van der Waals surface area contributed by atoms with Crippen molar-refractivity contribution >= 4 is 0 Å². The summed E-state index contributed by atoms with van der Waals surface area (Å²) in [6.45, 7) is 16.1. The summed E-state index contributed by atoms with van der Waals surface area (Å²) in [5.74, 6) is 0. The predicted molar refractivity (Wildman–Crippen MR) is 102 cm³/mol. The summed E-state index contributed by atoms with van der Waals surface area (Å²) in [5.41, 5.74) is 0. The minimum atomic E-state index is 0.564. The normalized spacial score (nSPS) is 29.0. The lowest BCUT2D eigenvalue weighted by Gasteiger charge is -2.28. The molecule has 4 nitrogen and oxygen atoms in total. The Morgan fingerprint density at radius 1 is 1.04 bits per heavy atom. The molecule has 3 unspecified atom stereocenters. The van der Waals surface area contributed by atoms with Crippen LogP contribution in [0.3, 0.4) is 0 Å². The fourth-order valence-electron chi connectivity index (χ4n) is 3.24. The topological polar surface area (TPSA) is 27.7 Å². The van der Waals surface area contributed by atoms with Crippen LogP contribution < -0.4 is 5.32 Å². The Bertz CT molecular complexity index is 245. The Hall–Kier alpha value is -0.160. The highest BCUT2D eigenvalue weighted by molar-refractivity contribution is 4.82. The first-order valence-corrected chi connectivity index (χ1v) is 9.93. The standard InChI is InChI=1S/C8H18N2.C7H13NO.2C2H6/c1-3-10(2)7-8-5-4-6-9-8;1-8-4-6-2-3-7(5-8)9-6;2*1-2/h8-9H,3-7H2,1-2H3;6-7H,2-5H2,1H3;2*1-2H3. The summed E-state index contributed by atoms with van der Waals surface area (Å²) < 4.78 is 5.63. The summed E-state index contributed by atoms with van der Waals surface area (Å²) in [6, 6.07) is 0.768. The molecule has 0 aromatic rings. The van der Waals surface area contributed by atoms with Crippen LogP contribution in [0.25, 0.3) is 0 Å². The average molecular weight is 330 g/mol. The zero-order chi connectivity index (χ0) is 17.7. The predicted octanol–water partition coefficient (Wildman–Crippen LogP) is 3.22. The van der Waals surface area contributed by atoms with Gasteiger partial charge in [0, 0.05) is 25.7 Å². The molecular formula is C19H43N3O. The number of likely N-dealkylation sites (tertiary alicyclic amines) is 1. The van der Waals surface area contributed by atoms with E-state index in [-0.39, 0.29) is 0 Å². The maximum atomic E-state index is 5.63. The molecule has 3 aliphatic rings. The Morgan fingerprint density at radius 2 is 1.61 bits per heavy atom. The molecular weight excluding hydrogens is 286 g/mol. The average Bonchev–Trinajstić information content (AvgIpc) is 3.21. The second-order valence-corrected chi connectivity index (χ2v) is 6.33. The quantitative estimate of drug-likeness (QED) is 0.860. The first kappa shape index (κ1) is 22.8. The van der Waals surface area contributed by atoms with E-state index >= 15 is 0 Å². The summed E-state index contributed by atoms with van der Waals surface area (Å²) in [4.78, 5) is 4.73. The van der Waals surface area contributed by atoms with Crippen LogP contribution in [0.4, 0.5) is 0 Å². The third-order valence-electron chi connectivity index (χ3n) is 4.46. The molecule has 3 rings (SSSR count). The minimum Gasteiger partial charge on any atom is -0.372 e. The van der Waals surface area contributed by atoms with E-state index < -0.39 is 0 Å². The Labute approximate surface area is 145 Å². The van der Waals surface area contributed by atoms with Gasteiger partial charge in [-0.25, -0.2) is 0 Å². The lowest BCUT2D eigenvalue weighted by Crippen LogP contribution is -2.39. The van der Waals surface area contributed by atoms with E-state index in [1.54, 1.807) is 0 Å². The van der Waals surface area contributed by atoms with Gasteiger partial charge < -0.3 is 19.9 Å². The maximum absolute atomic E-state index is 5.63. The summed E-state index contributed by atoms with van der Waals surface area (Å²) in [6.07, 6.45) is 6.43. The van der Waals surface area contributed by atoms with Crippen molar-refractivity contribution in [3.8, 4) is 0 Å².